The van der Waals surface area contributed by atoms with Crippen molar-refractivity contribution in [3.8, 4) is 0 Å². The zero-order valence-electron chi connectivity index (χ0n) is 14.7. The fourth-order valence-corrected chi connectivity index (χ4v) is 3.40. The molecule has 1 aliphatic heterocycles. The highest BCUT2D eigenvalue weighted by Crippen LogP contribution is 2.26. The van der Waals surface area contributed by atoms with Crippen LogP contribution in [0.25, 0.3) is 0 Å². The van der Waals surface area contributed by atoms with E-state index in [9.17, 15) is 10.1 Å². The molecule has 6 nitrogen and oxygen atoms in total. The lowest BCUT2D eigenvalue weighted by atomic mass is 10.00. The van der Waals surface area contributed by atoms with Gasteiger partial charge in [0.2, 0.25) is 0 Å². The van der Waals surface area contributed by atoms with E-state index >= 15 is 0 Å². The van der Waals surface area contributed by atoms with E-state index in [1.54, 1.807) is 13.0 Å². The third-order valence-corrected chi connectivity index (χ3v) is 4.99. The van der Waals surface area contributed by atoms with Crippen molar-refractivity contribution in [2.45, 2.75) is 38.8 Å². The highest BCUT2D eigenvalue weighted by molar-refractivity contribution is 5.47. The molecule has 1 N–H and O–H groups in total. The Labute approximate surface area is 148 Å². The number of likely N-dealkylation sites (tertiary alicyclic amines) is 1. The van der Waals surface area contributed by atoms with Crippen LogP contribution in [0.3, 0.4) is 0 Å². The van der Waals surface area contributed by atoms with Crippen molar-refractivity contribution in [2.75, 3.05) is 18.4 Å². The Bertz CT molecular complexity index is 727. The summed E-state index contributed by atoms with van der Waals surface area (Å²) in [5.74, 6) is 0.720. The van der Waals surface area contributed by atoms with Gasteiger partial charge in [0.1, 0.15) is 12.0 Å². The Balaban J connectivity index is 1.56. The number of piperidine rings is 1. The number of nitro groups is 1. The average Bonchev–Trinajstić information content (AvgIpc) is 2.62. The molecule has 0 saturated carbocycles. The molecule has 2 heterocycles. The molecule has 1 aliphatic rings. The standard InChI is InChI=1S/C19H24N4O2/c1-14-12-19(20-13-18(14)23(24)25)21-17-8-10-22(11-9-17)15(2)16-6-4-3-5-7-16/h3-7,12-13,15,17H,8-11H2,1-2H3,(H,20,21). The van der Waals surface area contributed by atoms with Crippen LogP contribution in [0.15, 0.2) is 42.6 Å². The average molecular weight is 340 g/mol. The van der Waals surface area contributed by atoms with Crippen LogP contribution in [-0.2, 0) is 0 Å². The number of hydrogen-bond donors (Lipinski definition) is 1. The molecular weight excluding hydrogens is 316 g/mol. The van der Waals surface area contributed by atoms with Crippen LogP contribution >= 0.6 is 0 Å². The lowest BCUT2D eigenvalue weighted by Crippen LogP contribution is -2.40. The molecule has 132 valence electrons. The van der Waals surface area contributed by atoms with Crippen molar-refractivity contribution < 1.29 is 4.92 Å². The maximum atomic E-state index is 10.9. The zero-order valence-corrected chi connectivity index (χ0v) is 14.7. The van der Waals surface area contributed by atoms with Crippen molar-refractivity contribution in [3.05, 3.63) is 63.8 Å². The highest BCUT2D eigenvalue weighted by Gasteiger charge is 2.24. The Hall–Kier alpha value is -2.47. The summed E-state index contributed by atoms with van der Waals surface area (Å²) in [6, 6.07) is 13.1. The van der Waals surface area contributed by atoms with Crippen molar-refractivity contribution >= 4 is 11.5 Å². The normalized spacial score (nSPS) is 17.2. The maximum Gasteiger partial charge on any atom is 0.290 e. The van der Waals surface area contributed by atoms with E-state index in [1.165, 1.54) is 11.8 Å². The van der Waals surface area contributed by atoms with Gasteiger partial charge in [0.05, 0.1) is 4.92 Å². The zero-order chi connectivity index (χ0) is 17.8. The minimum absolute atomic E-state index is 0.0667. The van der Waals surface area contributed by atoms with Gasteiger partial charge in [-0.15, -0.1) is 0 Å². The second kappa shape index (κ2) is 7.61. The summed E-state index contributed by atoms with van der Waals surface area (Å²) < 4.78 is 0. The van der Waals surface area contributed by atoms with Gasteiger partial charge in [0.15, 0.2) is 0 Å². The van der Waals surface area contributed by atoms with E-state index in [2.05, 4.69) is 46.4 Å². The lowest BCUT2D eigenvalue weighted by Gasteiger charge is -2.36. The summed E-state index contributed by atoms with van der Waals surface area (Å²) in [6.45, 7) is 6.05. The van der Waals surface area contributed by atoms with E-state index in [0.717, 1.165) is 31.7 Å². The SMILES string of the molecule is Cc1cc(NC2CCN(C(C)c3ccccc3)CC2)ncc1[N+](=O)[O-]. The number of rotatable bonds is 5. The lowest BCUT2D eigenvalue weighted by molar-refractivity contribution is -0.385. The molecule has 1 saturated heterocycles. The molecule has 1 aromatic heterocycles. The molecule has 0 amide bonds. The van der Waals surface area contributed by atoms with Gasteiger partial charge in [-0.05, 0) is 38.3 Å². The Morgan fingerprint density at radius 3 is 2.56 bits per heavy atom. The molecule has 1 atom stereocenters. The van der Waals surface area contributed by atoms with Crippen molar-refractivity contribution in [3.63, 3.8) is 0 Å². The second-order valence-electron chi connectivity index (χ2n) is 6.65. The number of benzene rings is 1. The monoisotopic (exact) mass is 340 g/mol. The second-order valence-corrected chi connectivity index (χ2v) is 6.65. The number of aromatic nitrogens is 1. The summed E-state index contributed by atoms with van der Waals surface area (Å²) in [4.78, 5) is 17.2. The molecule has 2 aromatic rings. The van der Waals surface area contributed by atoms with Crippen LogP contribution in [0.2, 0.25) is 0 Å². The van der Waals surface area contributed by atoms with Crippen molar-refractivity contribution in [1.29, 1.82) is 0 Å². The largest absolute Gasteiger partial charge is 0.367 e. The number of hydrogen-bond acceptors (Lipinski definition) is 5. The number of anilines is 1. The summed E-state index contributed by atoms with van der Waals surface area (Å²) in [6.07, 6.45) is 3.41. The summed E-state index contributed by atoms with van der Waals surface area (Å²) in [5, 5.41) is 14.3. The molecule has 1 unspecified atom stereocenters. The smallest absolute Gasteiger partial charge is 0.290 e. The predicted molar refractivity (Wildman–Crippen MR) is 98.7 cm³/mol. The Kier molecular flexibility index (Phi) is 5.28. The maximum absolute atomic E-state index is 10.9. The number of pyridine rings is 1. The van der Waals surface area contributed by atoms with Gasteiger partial charge in [-0.1, -0.05) is 30.3 Å². The van der Waals surface area contributed by atoms with Crippen LogP contribution in [-0.4, -0.2) is 33.9 Å². The van der Waals surface area contributed by atoms with Gasteiger partial charge in [-0.2, -0.15) is 0 Å². The fraction of sp³-hybridized carbons (Fsp3) is 0.421. The summed E-state index contributed by atoms with van der Waals surface area (Å²) in [7, 11) is 0. The first-order valence-electron chi connectivity index (χ1n) is 8.71. The van der Waals surface area contributed by atoms with E-state index in [1.807, 2.05) is 6.07 Å². The van der Waals surface area contributed by atoms with E-state index in [4.69, 9.17) is 0 Å². The van der Waals surface area contributed by atoms with Crippen LogP contribution < -0.4 is 5.32 Å². The fourth-order valence-electron chi connectivity index (χ4n) is 3.40. The van der Waals surface area contributed by atoms with Gasteiger partial charge in [0, 0.05) is 30.7 Å². The third-order valence-electron chi connectivity index (χ3n) is 4.99. The molecular formula is C19H24N4O2. The van der Waals surface area contributed by atoms with Crippen molar-refractivity contribution in [1.82, 2.24) is 9.88 Å². The first kappa shape index (κ1) is 17.4. The molecule has 0 bridgehead atoms. The summed E-state index contributed by atoms with van der Waals surface area (Å²) in [5.41, 5.74) is 2.05. The van der Waals surface area contributed by atoms with Crippen LogP contribution in [0.5, 0.6) is 0 Å². The third kappa shape index (κ3) is 4.14. The number of aryl methyl sites for hydroxylation is 1. The van der Waals surface area contributed by atoms with Crippen molar-refractivity contribution in [2.24, 2.45) is 0 Å². The quantitative estimate of drug-likeness (QED) is 0.659. The van der Waals surface area contributed by atoms with Gasteiger partial charge < -0.3 is 5.32 Å². The van der Waals surface area contributed by atoms with Gasteiger partial charge in [-0.25, -0.2) is 4.98 Å². The highest BCUT2D eigenvalue weighted by atomic mass is 16.6. The van der Waals surface area contributed by atoms with E-state index < -0.39 is 4.92 Å². The van der Waals surface area contributed by atoms with Crippen LogP contribution in [0.1, 0.15) is 36.9 Å². The van der Waals surface area contributed by atoms with E-state index in [0.29, 0.717) is 17.6 Å². The Morgan fingerprint density at radius 2 is 1.96 bits per heavy atom. The van der Waals surface area contributed by atoms with Gasteiger partial charge in [0.25, 0.3) is 5.69 Å². The first-order valence-corrected chi connectivity index (χ1v) is 8.71. The van der Waals surface area contributed by atoms with Gasteiger partial charge >= 0.3 is 0 Å². The number of nitrogens with one attached hydrogen (secondary N) is 1. The van der Waals surface area contributed by atoms with Crippen LogP contribution in [0, 0.1) is 17.0 Å². The molecule has 6 heteroatoms. The minimum atomic E-state index is -0.393. The molecule has 0 spiro atoms. The first-order chi connectivity index (χ1) is 12.0. The molecule has 3 rings (SSSR count). The minimum Gasteiger partial charge on any atom is -0.367 e. The summed E-state index contributed by atoms with van der Waals surface area (Å²) >= 11 is 0. The molecule has 25 heavy (non-hydrogen) atoms. The Morgan fingerprint density at radius 1 is 1.28 bits per heavy atom. The van der Waals surface area contributed by atoms with E-state index in [-0.39, 0.29) is 5.69 Å². The topological polar surface area (TPSA) is 71.3 Å². The molecule has 0 aliphatic carbocycles. The van der Waals surface area contributed by atoms with Crippen LogP contribution in [0.4, 0.5) is 11.5 Å². The van der Waals surface area contributed by atoms with Gasteiger partial charge in [-0.3, -0.25) is 15.0 Å². The number of nitrogens with zero attached hydrogens (tertiary/aromatic N) is 3. The molecule has 1 fully saturated rings. The molecule has 0 radical (unpaired) electrons. The predicted octanol–water partition coefficient (Wildman–Crippen LogP) is 3.94. The molecule has 1 aromatic carbocycles.